The van der Waals surface area contributed by atoms with Crippen molar-refractivity contribution in [1.82, 2.24) is 4.31 Å². The van der Waals surface area contributed by atoms with Gasteiger partial charge in [0, 0.05) is 13.1 Å². The van der Waals surface area contributed by atoms with Gasteiger partial charge in [-0.15, -0.1) is 0 Å². The minimum Gasteiger partial charge on any atom is -0.394 e. The van der Waals surface area contributed by atoms with Gasteiger partial charge in [-0.25, -0.2) is 17.2 Å². The van der Waals surface area contributed by atoms with Crippen LogP contribution in [0.25, 0.3) is 0 Å². The van der Waals surface area contributed by atoms with Crippen LogP contribution in [-0.2, 0) is 10.0 Å². The van der Waals surface area contributed by atoms with Gasteiger partial charge in [-0.1, -0.05) is 19.3 Å². The van der Waals surface area contributed by atoms with Crippen LogP contribution in [0, 0.1) is 11.6 Å². The molecule has 0 unspecified atom stereocenters. The Labute approximate surface area is 117 Å². The highest BCUT2D eigenvalue weighted by molar-refractivity contribution is 7.89. The molecule has 0 bridgehead atoms. The average Bonchev–Trinajstić information content (AvgIpc) is 2.34. The van der Waals surface area contributed by atoms with E-state index >= 15 is 0 Å². The molecule has 1 aromatic rings. The van der Waals surface area contributed by atoms with Crippen LogP contribution in [0.4, 0.5) is 14.5 Å². The molecule has 2 rings (SSSR count). The summed E-state index contributed by atoms with van der Waals surface area (Å²) in [4.78, 5) is -0.544. The molecule has 0 aromatic heterocycles. The number of hydrogen-bond donors (Lipinski definition) is 1. The molecule has 1 heterocycles. The monoisotopic (exact) mass is 304 g/mol. The molecule has 1 fully saturated rings. The van der Waals surface area contributed by atoms with E-state index in [9.17, 15) is 17.2 Å². The molecule has 1 aromatic carbocycles. The summed E-state index contributed by atoms with van der Waals surface area (Å²) in [6.07, 6.45) is 4.50. The third-order valence-corrected chi connectivity index (χ3v) is 5.44. The van der Waals surface area contributed by atoms with E-state index in [2.05, 4.69) is 0 Å². The molecule has 1 saturated heterocycles. The van der Waals surface area contributed by atoms with Gasteiger partial charge in [0.05, 0.1) is 0 Å². The fourth-order valence-corrected chi connectivity index (χ4v) is 3.94. The van der Waals surface area contributed by atoms with Gasteiger partial charge in [0.1, 0.15) is 16.4 Å². The highest BCUT2D eigenvalue weighted by atomic mass is 32.2. The number of anilines is 1. The lowest BCUT2D eigenvalue weighted by molar-refractivity contribution is 0.362. The van der Waals surface area contributed by atoms with Gasteiger partial charge in [-0.3, -0.25) is 0 Å². The Morgan fingerprint density at radius 3 is 2.15 bits per heavy atom. The molecule has 0 saturated carbocycles. The van der Waals surface area contributed by atoms with Crippen molar-refractivity contribution in [2.45, 2.75) is 37.0 Å². The number of hydrogen-bond acceptors (Lipinski definition) is 3. The summed E-state index contributed by atoms with van der Waals surface area (Å²) in [7, 11) is -3.96. The van der Waals surface area contributed by atoms with Crippen molar-refractivity contribution >= 4 is 15.7 Å². The summed E-state index contributed by atoms with van der Waals surface area (Å²) >= 11 is 0. The van der Waals surface area contributed by atoms with E-state index in [1.165, 1.54) is 4.31 Å². The van der Waals surface area contributed by atoms with E-state index in [-0.39, 0.29) is 0 Å². The van der Waals surface area contributed by atoms with Crippen LogP contribution >= 0.6 is 0 Å². The SMILES string of the molecule is Nc1c(F)ccc(S(=O)(=O)N2CCCCCCC2)c1F. The quantitative estimate of drug-likeness (QED) is 0.854. The molecular formula is C13H18F2N2O2S. The smallest absolute Gasteiger partial charge is 0.246 e. The Bertz CT molecular complexity index is 582. The highest BCUT2D eigenvalue weighted by Crippen LogP contribution is 2.26. The van der Waals surface area contributed by atoms with Gasteiger partial charge in [-0.2, -0.15) is 4.31 Å². The summed E-state index contributed by atoms with van der Waals surface area (Å²) in [6.45, 7) is 0.720. The lowest BCUT2D eigenvalue weighted by Crippen LogP contribution is -2.34. The van der Waals surface area contributed by atoms with Crippen molar-refractivity contribution in [2.75, 3.05) is 18.8 Å². The molecule has 112 valence electrons. The summed E-state index contributed by atoms with van der Waals surface area (Å²) in [5.41, 5.74) is 4.48. The lowest BCUT2D eigenvalue weighted by atomic mass is 10.1. The molecule has 0 amide bonds. The van der Waals surface area contributed by atoms with E-state index in [1.54, 1.807) is 0 Å². The first kappa shape index (κ1) is 15.2. The molecular weight excluding hydrogens is 286 g/mol. The molecule has 4 nitrogen and oxygen atoms in total. The van der Waals surface area contributed by atoms with Crippen molar-refractivity contribution in [3.8, 4) is 0 Å². The van der Waals surface area contributed by atoms with Crippen LogP contribution in [0.5, 0.6) is 0 Å². The summed E-state index contributed by atoms with van der Waals surface area (Å²) in [5, 5.41) is 0. The van der Waals surface area contributed by atoms with Crippen molar-refractivity contribution in [3.63, 3.8) is 0 Å². The number of nitrogens with two attached hydrogens (primary N) is 1. The molecule has 0 atom stereocenters. The Kier molecular flexibility index (Phi) is 4.59. The van der Waals surface area contributed by atoms with Crippen molar-refractivity contribution in [3.05, 3.63) is 23.8 Å². The lowest BCUT2D eigenvalue weighted by Gasteiger charge is -2.24. The molecule has 0 radical (unpaired) electrons. The minimum atomic E-state index is -3.96. The van der Waals surface area contributed by atoms with E-state index in [0.29, 0.717) is 13.1 Å². The second-order valence-electron chi connectivity index (χ2n) is 4.95. The molecule has 7 heteroatoms. The second kappa shape index (κ2) is 6.05. The van der Waals surface area contributed by atoms with Gasteiger partial charge in [0.2, 0.25) is 10.0 Å². The topological polar surface area (TPSA) is 63.4 Å². The van der Waals surface area contributed by atoms with E-state index in [1.807, 2.05) is 0 Å². The van der Waals surface area contributed by atoms with Crippen LogP contribution in [-0.4, -0.2) is 25.8 Å². The zero-order valence-corrected chi connectivity index (χ0v) is 11.9. The minimum absolute atomic E-state index is 0.360. The fraction of sp³-hybridized carbons (Fsp3) is 0.538. The number of rotatable bonds is 2. The van der Waals surface area contributed by atoms with Crippen LogP contribution in [0.15, 0.2) is 17.0 Å². The molecule has 2 N–H and O–H groups in total. The Hall–Kier alpha value is -1.21. The predicted octanol–water partition coefficient (Wildman–Crippen LogP) is 2.50. The third-order valence-electron chi connectivity index (χ3n) is 3.52. The van der Waals surface area contributed by atoms with Gasteiger partial charge in [0.15, 0.2) is 5.82 Å². The van der Waals surface area contributed by atoms with Gasteiger partial charge in [-0.05, 0) is 25.0 Å². The standard InChI is InChI=1S/C13H18F2N2O2S/c14-10-6-7-11(12(15)13(10)16)20(18,19)17-8-4-2-1-3-5-9-17/h6-7H,1-5,8-9,16H2. The first-order valence-electron chi connectivity index (χ1n) is 6.68. The van der Waals surface area contributed by atoms with Crippen LogP contribution < -0.4 is 5.73 Å². The van der Waals surface area contributed by atoms with Gasteiger partial charge in [0.25, 0.3) is 0 Å². The zero-order chi connectivity index (χ0) is 14.8. The Balaban J connectivity index is 2.36. The highest BCUT2D eigenvalue weighted by Gasteiger charge is 2.29. The average molecular weight is 304 g/mol. The summed E-state index contributed by atoms with van der Waals surface area (Å²) in [6, 6.07) is 1.82. The van der Waals surface area contributed by atoms with Crippen molar-refractivity contribution in [2.24, 2.45) is 0 Å². The van der Waals surface area contributed by atoms with E-state index < -0.39 is 32.2 Å². The number of sulfonamides is 1. The maximum Gasteiger partial charge on any atom is 0.246 e. The van der Waals surface area contributed by atoms with Gasteiger partial charge < -0.3 is 5.73 Å². The van der Waals surface area contributed by atoms with Crippen LogP contribution in [0.3, 0.4) is 0 Å². The predicted molar refractivity (Wildman–Crippen MR) is 72.6 cm³/mol. The zero-order valence-electron chi connectivity index (χ0n) is 11.1. The summed E-state index contributed by atoms with van der Waals surface area (Å²) in [5.74, 6) is -2.15. The molecule has 1 aliphatic heterocycles. The number of halogens is 2. The molecule has 20 heavy (non-hydrogen) atoms. The van der Waals surface area contributed by atoms with Crippen LogP contribution in [0.1, 0.15) is 32.1 Å². The van der Waals surface area contributed by atoms with E-state index in [4.69, 9.17) is 5.73 Å². The Morgan fingerprint density at radius 2 is 1.55 bits per heavy atom. The number of nitrogen functional groups attached to an aromatic ring is 1. The largest absolute Gasteiger partial charge is 0.394 e. The first-order valence-corrected chi connectivity index (χ1v) is 8.12. The second-order valence-corrected chi connectivity index (χ2v) is 6.85. The van der Waals surface area contributed by atoms with Gasteiger partial charge >= 0.3 is 0 Å². The van der Waals surface area contributed by atoms with Crippen LogP contribution in [0.2, 0.25) is 0 Å². The number of benzene rings is 1. The molecule has 0 aliphatic carbocycles. The number of nitrogens with zero attached hydrogens (tertiary/aromatic N) is 1. The third kappa shape index (κ3) is 2.93. The van der Waals surface area contributed by atoms with E-state index in [0.717, 1.165) is 44.2 Å². The normalized spacial score (nSPS) is 18.5. The molecule has 1 aliphatic rings. The maximum atomic E-state index is 13.9. The van der Waals surface area contributed by atoms with Crippen molar-refractivity contribution < 1.29 is 17.2 Å². The summed E-state index contributed by atoms with van der Waals surface area (Å²) < 4.78 is 53.2. The van der Waals surface area contributed by atoms with Crippen molar-refractivity contribution in [1.29, 1.82) is 0 Å². The maximum absolute atomic E-state index is 13.9. The fourth-order valence-electron chi connectivity index (χ4n) is 2.35. The Morgan fingerprint density at radius 1 is 1.00 bits per heavy atom. The first-order chi connectivity index (χ1) is 9.44. The molecule has 0 spiro atoms.